The molecule has 0 aromatic carbocycles. The summed E-state index contributed by atoms with van der Waals surface area (Å²) in [5.74, 6) is 0.592. The molecule has 124 valence electrons. The van der Waals surface area contributed by atoms with Crippen LogP contribution in [0, 0.1) is 0 Å². The first-order valence-corrected chi connectivity index (χ1v) is 8.05. The number of carbonyl (C=O) groups is 1. The Bertz CT molecular complexity index is 490. The second kappa shape index (κ2) is 7.24. The number of aliphatic hydroxyl groups is 1. The zero-order chi connectivity index (χ0) is 16.3. The molecule has 0 bridgehead atoms. The monoisotopic (exact) mass is 308 g/mol. The third-order valence-corrected chi connectivity index (χ3v) is 4.47. The molecule has 0 saturated carbocycles. The summed E-state index contributed by atoms with van der Waals surface area (Å²) in [7, 11) is 4.16. The van der Waals surface area contributed by atoms with Gasteiger partial charge in [-0.1, -0.05) is 0 Å². The number of amides is 1. The molecule has 1 aromatic rings. The van der Waals surface area contributed by atoms with Crippen LogP contribution in [-0.2, 0) is 4.79 Å². The molecule has 0 unspecified atom stereocenters. The Morgan fingerprint density at radius 1 is 1.41 bits per heavy atom. The number of aromatic nitrogens is 2. The molecule has 1 aliphatic heterocycles. The summed E-state index contributed by atoms with van der Waals surface area (Å²) in [5, 5.41) is 10.3. The Balaban J connectivity index is 1.91. The van der Waals surface area contributed by atoms with Gasteiger partial charge in [0.05, 0.1) is 6.42 Å². The molecule has 1 fully saturated rings. The molecule has 1 atom stereocenters. The van der Waals surface area contributed by atoms with Gasteiger partial charge in [0.2, 0.25) is 5.91 Å². The Morgan fingerprint density at radius 2 is 2.05 bits per heavy atom. The van der Waals surface area contributed by atoms with Crippen LogP contribution in [0.4, 0.5) is 0 Å². The first-order chi connectivity index (χ1) is 10.4. The molecule has 1 N–H and O–H groups in total. The van der Waals surface area contributed by atoms with E-state index < -0.39 is 6.10 Å². The maximum Gasteiger partial charge on any atom is 0.225 e. The van der Waals surface area contributed by atoms with Crippen LogP contribution in [-0.4, -0.2) is 63.6 Å². The largest absolute Gasteiger partial charge is 0.385 e. The number of imidazole rings is 1. The Morgan fingerprint density at radius 3 is 2.59 bits per heavy atom. The molecule has 1 aliphatic rings. The van der Waals surface area contributed by atoms with Gasteiger partial charge in [0.1, 0.15) is 11.9 Å². The summed E-state index contributed by atoms with van der Waals surface area (Å²) >= 11 is 0. The van der Waals surface area contributed by atoms with Gasteiger partial charge in [-0.15, -0.1) is 0 Å². The topological polar surface area (TPSA) is 61.6 Å². The third-order valence-electron chi connectivity index (χ3n) is 4.47. The quantitative estimate of drug-likeness (QED) is 0.894. The van der Waals surface area contributed by atoms with Crippen molar-refractivity contribution in [2.24, 2.45) is 0 Å². The van der Waals surface area contributed by atoms with Crippen LogP contribution in [0.15, 0.2) is 12.4 Å². The van der Waals surface area contributed by atoms with Crippen molar-refractivity contribution in [2.45, 2.75) is 51.3 Å². The smallest absolute Gasteiger partial charge is 0.225 e. The summed E-state index contributed by atoms with van der Waals surface area (Å²) in [5.41, 5.74) is 0. The van der Waals surface area contributed by atoms with E-state index in [9.17, 15) is 9.90 Å². The summed E-state index contributed by atoms with van der Waals surface area (Å²) in [4.78, 5) is 20.7. The van der Waals surface area contributed by atoms with E-state index in [4.69, 9.17) is 0 Å². The van der Waals surface area contributed by atoms with E-state index >= 15 is 0 Å². The summed E-state index contributed by atoms with van der Waals surface area (Å²) < 4.78 is 1.91. The number of carbonyl (C=O) groups excluding carboxylic acids is 1. The van der Waals surface area contributed by atoms with Gasteiger partial charge in [0.15, 0.2) is 0 Å². The van der Waals surface area contributed by atoms with Gasteiger partial charge >= 0.3 is 0 Å². The fourth-order valence-corrected chi connectivity index (χ4v) is 3.04. The molecule has 22 heavy (non-hydrogen) atoms. The van der Waals surface area contributed by atoms with Crippen LogP contribution in [0.2, 0.25) is 0 Å². The van der Waals surface area contributed by atoms with Crippen molar-refractivity contribution in [3.8, 4) is 0 Å². The second-order valence-corrected chi connectivity index (χ2v) is 6.58. The van der Waals surface area contributed by atoms with E-state index in [-0.39, 0.29) is 18.4 Å². The highest BCUT2D eigenvalue weighted by atomic mass is 16.3. The molecule has 6 nitrogen and oxygen atoms in total. The summed E-state index contributed by atoms with van der Waals surface area (Å²) in [6.45, 7) is 5.61. The third kappa shape index (κ3) is 3.87. The first-order valence-electron chi connectivity index (χ1n) is 8.05. The zero-order valence-electron chi connectivity index (χ0n) is 14.1. The first kappa shape index (κ1) is 17.0. The predicted octanol–water partition coefficient (Wildman–Crippen LogP) is 1.44. The maximum absolute atomic E-state index is 12.4. The number of likely N-dealkylation sites (tertiary alicyclic amines) is 1. The molecule has 1 amide bonds. The molecular weight excluding hydrogens is 280 g/mol. The normalized spacial score (nSPS) is 18.2. The number of nitrogens with zero attached hydrogens (tertiary/aromatic N) is 4. The number of rotatable bonds is 5. The fourth-order valence-electron chi connectivity index (χ4n) is 3.04. The molecule has 2 rings (SSSR count). The van der Waals surface area contributed by atoms with Gasteiger partial charge in [-0.2, -0.15) is 0 Å². The van der Waals surface area contributed by atoms with Crippen molar-refractivity contribution in [1.82, 2.24) is 19.4 Å². The lowest BCUT2D eigenvalue weighted by molar-refractivity contribution is -0.135. The fraction of sp³-hybridized carbons (Fsp3) is 0.750. The lowest BCUT2D eigenvalue weighted by Gasteiger charge is -2.35. The highest BCUT2D eigenvalue weighted by molar-refractivity contribution is 5.76. The minimum absolute atomic E-state index is 0.0167. The van der Waals surface area contributed by atoms with Crippen molar-refractivity contribution in [2.75, 3.05) is 27.2 Å². The zero-order valence-corrected chi connectivity index (χ0v) is 14.1. The molecular formula is C16H28N4O2. The minimum Gasteiger partial charge on any atom is -0.385 e. The lowest BCUT2D eigenvalue weighted by atomic mass is 10.0. The molecule has 0 radical (unpaired) electrons. The van der Waals surface area contributed by atoms with E-state index in [1.54, 1.807) is 6.20 Å². The van der Waals surface area contributed by atoms with Crippen molar-refractivity contribution in [1.29, 1.82) is 0 Å². The van der Waals surface area contributed by atoms with Crippen LogP contribution in [0.1, 0.15) is 51.1 Å². The van der Waals surface area contributed by atoms with Crippen molar-refractivity contribution < 1.29 is 9.90 Å². The number of aliphatic hydroxyl groups excluding tert-OH is 1. The van der Waals surface area contributed by atoms with E-state index in [1.807, 2.05) is 29.5 Å². The van der Waals surface area contributed by atoms with Crippen molar-refractivity contribution in [3.63, 3.8) is 0 Å². The van der Waals surface area contributed by atoms with Gasteiger partial charge < -0.3 is 19.5 Å². The average molecular weight is 308 g/mol. The van der Waals surface area contributed by atoms with Gasteiger partial charge in [-0.3, -0.25) is 4.79 Å². The molecule has 1 saturated heterocycles. The molecule has 1 aromatic heterocycles. The maximum atomic E-state index is 12.4. The lowest BCUT2D eigenvalue weighted by Crippen LogP contribution is -2.44. The van der Waals surface area contributed by atoms with Crippen LogP contribution < -0.4 is 0 Å². The van der Waals surface area contributed by atoms with E-state index in [0.717, 1.165) is 25.9 Å². The molecule has 0 aliphatic carbocycles. The van der Waals surface area contributed by atoms with E-state index in [2.05, 4.69) is 24.0 Å². The highest BCUT2D eigenvalue weighted by Gasteiger charge is 2.26. The van der Waals surface area contributed by atoms with Crippen LogP contribution in [0.3, 0.4) is 0 Å². The van der Waals surface area contributed by atoms with Crippen LogP contribution >= 0.6 is 0 Å². The summed E-state index contributed by atoms with van der Waals surface area (Å²) in [6.07, 6.45) is 4.78. The van der Waals surface area contributed by atoms with Gasteiger partial charge in [-0.25, -0.2) is 4.98 Å². The average Bonchev–Trinajstić information content (AvgIpc) is 2.97. The molecule has 2 heterocycles. The second-order valence-electron chi connectivity index (χ2n) is 6.58. The minimum atomic E-state index is -0.837. The van der Waals surface area contributed by atoms with Crippen LogP contribution in [0.5, 0.6) is 0 Å². The van der Waals surface area contributed by atoms with Crippen molar-refractivity contribution in [3.05, 3.63) is 18.2 Å². The highest BCUT2D eigenvalue weighted by Crippen LogP contribution is 2.21. The Hall–Kier alpha value is -1.40. The van der Waals surface area contributed by atoms with Gasteiger partial charge in [-0.05, 0) is 40.8 Å². The SMILES string of the molecule is CC(C)n1ccnc1[C@@H](O)CC(=O)N1CCC(N(C)C)CC1. The van der Waals surface area contributed by atoms with Crippen LogP contribution in [0.25, 0.3) is 0 Å². The van der Waals surface area contributed by atoms with Gasteiger partial charge in [0.25, 0.3) is 0 Å². The Labute approximate surface area is 132 Å². The van der Waals surface area contributed by atoms with E-state index in [1.165, 1.54) is 0 Å². The molecule has 6 heteroatoms. The molecule has 0 spiro atoms. The number of hydrogen-bond donors (Lipinski definition) is 1. The number of hydrogen-bond acceptors (Lipinski definition) is 4. The van der Waals surface area contributed by atoms with Crippen molar-refractivity contribution >= 4 is 5.91 Å². The summed E-state index contributed by atoms with van der Waals surface area (Å²) in [6, 6.07) is 0.770. The standard InChI is InChI=1S/C16H28N4O2/c1-12(2)20-10-7-17-16(20)14(21)11-15(22)19-8-5-13(6-9-19)18(3)4/h7,10,12-14,21H,5-6,8-9,11H2,1-4H3/t14-/m0/s1. The van der Waals surface area contributed by atoms with Gasteiger partial charge in [0, 0.05) is 37.6 Å². The van der Waals surface area contributed by atoms with E-state index in [0.29, 0.717) is 11.9 Å². The number of piperidine rings is 1. The Kier molecular flexibility index (Phi) is 5.58. The predicted molar refractivity (Wildman–Crippen MR) is 85.5 cm³/mol.